The molecule has 0 aliphatic carbocycles. The van der Waals surface area contributed by atoms with Gasteiger partial charge in [0.2, 0.25) is 0 Å². The van der Waals surface area contributed by atoms with E-state index >= 15 is 0 Å². The zero-order valence-electron chi connectivity index (χ0n) is 13.2. The lowest BCUT2D eigenvalue weighted by Gasteiger charge is -2.19. The van der Waals surface area contributed by atoms with Crippen molar-refractivity contribution in [1.82, 2.24) is 14.9 Å². The summed E-state index contributed by atoms with van der Waals surface area (Å²) in [5, 5.41) is 11.9. The number of rotatable bonds is 3. The Hall–Kier alpha value is -3.06. The van der Waals surface area contributed by atoms with Gasteiger partial charge >= 0.3 is 6.09 Å². The van der Waals surface area contributed by atoms with Crippen molar-refractivity contribution in [3.63, 3.8) is 0 Å². The van der Waals surface area contributed by atoms with Gasteiger partial charge in [0.15, 0.2) is 0 Å². The van der Waals surface area contributed by atoms with Crippen LogP contribution in [0.3, 0.4) is 0 Å². The average Bonchev–Trinajstić information content (AvgIpc) is 2.53. The number of hydrogen-bond donors (Lipinski definition) is 3. The lowest BCUT2D eigenvalue weighted by atomic mass is 10.2. The van der Waals surface area contributed by atoms with Crippen LogP contribution in [0.4, 0.5) is 10.5 Å². The minimum Gasteiger partial charge on any atom is -0.465 e. The maximum atomic E-state index is 13.1. The number of benzene rings is 2. The number of aromatic nitrogens is 2. The van der Waals surface area contributed by atoms with Crippen molar-refractivity contribution in [2.24, 2.45) is 0 Å². The third-order valence-corrected chi connectivity index (χ3v) is 4.04. The number of carbonyl (C=O) groups is 1. The second-order valence-corrected chi connectivity index (χ2v) is 5.92. The van der Waals surface area contributed by atoms with E-state index in [1.54, 1.807) is 49.4 Å². The highest BCUT2D eigenvalue weighted by molar-refractivity contribution is 6.35. The normalized spacial score (nSPS) is 12.1. The Morgan fingerprint density at radius 2 is 2.04 bits per heavy atom. The first-order valence-corrected chi connectivity index (χ1v) is 7.83. The molecule has 3 aromatic rings. The van der Waals surface area contributed by atoms with Crippen LogP contribution in [0.1, 0.15) is 18.8 Å². The molecule has 1 amide bonds. The minimum absolute atomic E-state index is 0.243. The Bertz CT molecular complexity index is 1030. The smallest absolute Gasteiger partial charge is 0.405 e. The summed E-state index contributed by atoms with van der Waals surface area (Å²) in [6.45, 7) is 1.61. The van der Waals surface area contributed by atoms with Gasteiger partial charge in [0.05, 0.1) is 27.7 Å². The molecule has 0 radical (unpaired) electrons. The van der Waals surface area contributed by atoms with E-state index in [1.165, 1.54) is 4.57 Å². The van der Waals surface area contributed by atoms with Gasteiger partial charge in [-0.05, 0) is 37.3 Å². The molecule has 1 aromatic heterocycles. The van der Waals surface area contributed by atoms with E-state index < -0.39 is 17.7 Å². The molecule has 1 atom stereocenters. The molecule has 4 N–H and O–H groups in total. The number of nitrogens with zero attached hydrogens (tertiary/aromatic N) is 2. The molecule has 0 saturated carbocycles. The number of nitrogens with two attached hydrogens (primary N) is 1. The summed E-state index contributed by atoms with van der Waals surface area (Å²) in [5.41, 5.74) is 6.77. The van der Waals surface area contributed by atoms with Crippen LogP contribution in [0.25, 0.3) is 16.6 Å². The second-order valence-electron chi connectivity index (χ2n) is 5.51. The summed E-state index contributed by atoms with van der Waals surface area (Å²) in [6.07, 6.45) is -1.22. The van der Waals surface area contributed by atoms with Gasteiger partial charge in [-0.3, -0.25) is 9.36 Å². The molecule has 0 fully saturated rings. The lowest BCUT2D eigenvalue weighted by Crippen LogP contribution is -2.32. The maximum absolute atomic E-state index is 13.1. The van der Waals surface area contributed by atoms with Crippen LogP contribution >= 0.6 is 11.6 Å². The molecule has 7 nitrogen and oxygen atoms in total. The van der Waals surface area contributed by atoms with Gasteiger partial charge in [-0.1, -0.05) is 23.7 Å². The number of hydrogen-bond acceptors (Lipinski definition) is 4. The molecular weight excluding hydrogens is 344 g/mol. The molecular formula is C17H15ClN4O3. The van der Waals surface area contributed by atoms with Crippen LogP contribution in [0, 0.1) is 0 Å². The molecule has 0 aliphatic rings. The number of anilines is 1. The number of halogens is 1. The van der Waals surface area contributed by atoms with E-state index in [0.717, 1.165) is 0 Å². The van der Waals surface area contributed by atoms with Gasteiger partial charge in [-0.15, -0.1) is 0 Å². The van der Waals surface area contributed by atoms with Gasteiger partial charge in [0.25, 0.3) is 5.56 Å². The maximum Gasteiger partial charge on any atom is 0.405 e. The molecule has 3 rings (SSSR count). The van der Waals surface area contributed by atoms with E-state index in [4.69, 9.17) is 22.4 Å². The zero-order chi connectivity index (χ0) is 18.1. The van der Waals surface area contributed by atoms with Crippen LogP contribution in [-0.2, 0) is 0 Å². The monoisotopic (exact) mass is 358 g/mol. The first-order chi connectivity index (χ1) is 11.9. The fourth-order valence-electron chi connectivity index (χ4n) is 2.66. The summed E-state index contributed by atoms with van der Waals surface area (Å²) < 4.78 is 1.32. The van der Waals surface area contributed by atoms with Crippen LogP contribution in [0.2, 0.25) is 5.02 Å². The summed E-state index contributed by atoms with van der Waals surface area (Å²) in [4.78, 5) is 28.6. The average molecular weight is 359 g/mol. The summed E-state index contributed by atoms with van der Waals surface area (Å²) in [5.74, 6) is 0.243. The number of carboxylic acid groups (broad SMARTS) is 1. The fourth-order valence-corrected chi connectivity index (χ4v) is 2.91. The Balaban J connectivity index is 2.38. The van der Waals surface area contributed by atoms with E-state index in [9.17, 15) is 9.59 Å². The van der Waals surface area contributed by atoms with Crippen molar-refractivity contribution in [3.8, 4) is 5.69 Å². The van der Waals surface area contributed by atoms with Crippen molar-refractivity contribution in [2.45, 2.75) is 13.0 Å². The van der Waals surface area contributed by atoms with Crippen molar-refractivity contribution < 1.29 is 9.90 Å². The van der Waals surface area contributed by atoms with E-state index in [-0.39, 0.29) is 16.2 Å². The molecule has 8 heteroatoms. The van der Waals surface area contributed by atoms with E-state index in [1.807, 2.05) is 0 Å². The van der Waals surface area contributed by atoms with Crippen LogP contribution < -0.4 is 16.6 Å². The second kappa shape index (κ2) is 6.45. The Morgan fingerprint density at radius 1 is 1.32 bits per heavy atom. The van der Waals surface area contributed by atoms with Gasteiger partial charge in [0.1, 0.15) is 5.82 Å². The van der Waals surface area contributed by atoms with Crippen molar-refractivity contribution in [3.05, 3.63) is 63.7 Å². The molecule has 128 valence electrons. The Labute approximate surface area is 147 Å². The summed E-state index contributed by atoms with van der Waals surface area (Å²) >= 11 is 6.18. The topological polar surface area (TPSA) is 110 Å². The van der Waals surface area contributed by atoms with Gasteiger partial charge in [0, 0.05) is 5.69 Å². The zero-order valence-corrected chi connectivity index (χ0v) is 14.0. The van der Waals surface area contributed by atoms with Crippen molar-refractivity contribution in [1.29, 1.82) is 0 Å². The van der Waals surface area contributed by atoms with Gasteiger partial charge in [-0.2, -0.15) is 0 Å². The van der Waals surface area contributed by atoms with Crippen LogP contribution in [-0.4, -0.2) is 20.8 Å². The van der Waals surface area contributed by atoms with Crippen molar-refractivity contribution in [2.75, 3.05) is 5.73 Å². The largest absolute Gasteiger partial charge is 0.465 e. The molecule has 0 aliphatic heterocycles. The number of nitrogens with one attached hydrogen (secondary N) is 1. The fraction of sp³-hybridized carbons (Fsp3) is 0.118. The Morgan fingerprint density at radius 3 is 2.72 bits per heavy atom. The molecule has 1 unspecified atom stereocenters. The lowest BCUT2D eigenvalue weighted by molar-refractivity contribution is 0.190. The summed E-state index contributed by atoms with van der Waals surface area (Å²) in [6, 6.07) is 10.9. The predicted molar refractivity (Wildman–Crippen MR) is 96.3 cm³/mol. The highest BCUT2D eigenvalue weighted by atomic mass is 35.5. The molecule has 25 heavy (non-hydrogen) atoms. The minimum atomic E-state index is -1.22. The summed E-state index contributed by atoms with van der Waals surface area (Å²) in [7, 11) is 0. The first-order valence-electron chi connectivity index (χ1n) is 7.45. The number of amides is 1. The van der Waals surface area contributed by atoms with Crippen LogP contribution in [0.15, 0.2) is 47.3 Å². The van der Waals surface area contributed by atoms with E-state index in [0.29, 0.717) is 16.9 Å². The highest BCUT2D eigenvalue weighted by Gasteiger charge is 2.20. The third-order valence-electron chi connectivity index (χ3n) is 3.73. The molecule has 0 saturated heterocycles. The predicted octanol–water partition coefficient (Wildman–Crippen LogP) is 2.95. The van der Waals surface area contributed by atoms with Crippen molar-refractivity contribution >= 4 is 34.3 Å². The standard InChI is InChI=1S/C17H15ClN4O3/c1-9(20-17(24)25)15-21-13-7-3-6-12(18)14(13)16(23)22(15)11-5-2-4-10(19)8-11/h2-9,20H,19H2,1H3,(H,24,25). The quantitative estimate of drug-likeness (QED) is 0.623. The third kappa shape index (κ3) is 3.14. The SMILES string of the molecule is CC(NC(=O)O)c1nc2cccc(Cl)c2c(=O)n1-c1cccc(N)c1. The molecule has 0 bridgehead atoms. The molecule has 2 aromatic carbocycles. The molecule has 0 spiro atoms. The highest BCUT2D eigenvalue weighted by Crippen LogP contribution is 2.23. The van der Waals surface area contributed by atoms with E-state index in [2.05, 4.69) is 10.3 Å². The van der Waals surface area contributed by atoms with Gasteiger partial charge in [-0.25, -0.2) is 9.78 Å². The van der Waals surface area contributed by atoms with Crippen LogP contribution in [0.5, 0.6) is 0 Å². The number of fused-ring (bicyclic) bond motifs is 1. The number of nitrogen functional groups attached to an aromatic ring is 1. The Kier molecular flexibility index (Phi) is 4.33. The first kappa shape index (κ1) is 16.8. The molecule has 1 heterocycles. The van der Waals surface area contributed by atoms with Gasteiger partial charge < -0.3 is 16.2 Å².